The third-order valence-electron chi connectivity index (χ3n) is 2.63. The van der Waals surface area contributed by atoms with Crippen LogP contribution < -0.4 is 5.32 Å². The molecule has 0 unspecified atom stereocenters. The van der Waals surface area contributed by atoms with Crippen molar-refractivity contribution in [2.24, 2.45) is 0 Å². The second-order valence-electron chi connectivity index (χ2n) is 3.84. The molecule has 2 aromatic rings. The summed E-state index contributed by atoms with van der Waals surface area (Å²) in [5.41, 5.74) is 2.29. The number of aromatic hydroxyl groups is 1. The minimum absolute atomic E-state index is 0.140. The highest BCUT2D eigenvalue weighted by atomic mass is 32.1. The number of hydrogen-bond donors (Lipinski definition) is 2. The quantitative estimate of drug-likeness (QED) is 0.855. The summed E-state index contributed by atoms with van der Waals surface area (Å²) >= 11 is 1.56. The number of carbonyl (C=O) groups excluding carboxylic acids is 1. The Morgan fingerprint density at radius 2 is 2.12 bits per heavy atom. The van der Waals surface area contributed by atoms with E-state index in [9.17, 15) is 9.90 Å². The van der Waals surface area contributed by atoms with E-state index < -0.39 is 0 Å². The molecule has 0 radical (unpaired) electrons. The van der Waals surface area contributed by atoms with Gasteiger partial charge in [-0.25, -0.2) is 0 Å². The summed E-state index contributed by atoms with van der Waals surface area (Å²) in [6, 6.07) is 6.52. The van der Waals surface area contributed by atoms with Crippen molar-refractivity contribution in [2.45, 2.75) is 13.8 Å². The van der Waals surface area contributed by atoms with Crippen molar-refractivity contribution in [1.29, 1.82) is 0 Å². The van der Waals surface area contributed by atoms with E-state index in [0.29, 0.717) is 11.3 Å². The maximum atomic E-state index is 12.0. The van der Waals surface area contributed by atoms with Crippen LogP contribution in [-0.4, -0.2) is 11.0 Å². The summed E-state index contributed by atoms with van der Waals surface area (Å²) in [5, 5.41) is 13.9. The average Bonchev–Trinajstić information content (AvgIpc) is 2.60. The van der Waals surface area contributed by atoms with E-state index in [2.05, 4.69) is 5.32 Å². The number of thiophene rings is 1. The number of aryl methyl sites for hydroxylation is 1. The van der Waals surface area contributed by atoms with Gasteiger partial charge in [0, 0.05) is 22.0 Å². The highest BCUT2D eigenvalue weighted by Crippen LogP contribution is 2.22. The number of benzene rings is 1. The van der Waals surface area contributed by atoms with Gasteiger partial charge < -0.3 is 10.4 Å². The summed E-state index contributed by atoms with van der Waals surface area (Å²) in [5.74, 6) is -0.00142. The molecule has 0 spiro atoms. The fourth-order valence-corrected chi connectivity index (χ4v) is 2.38. The second-order valence-corrected chi connectivity index (χ2v) is 4.92. The summed E-state index contributed by atoms with van der Waals surface area (Å²) < 4.78 is 0. The summed E-state index contributed by atoms with van der Waals surface area (Å²) in [6.07, 6.45) is 0. The van der Waals surface area contributed by atoms with Crippen LogP contribution in [0.15, 0.2) is 29.6 Å². The first-order valence-electron chi connectivity index (χ1n) is 5.23. The van der Waals surface area contributed by atoms with E-state index in [0.717, 1.165) is 10.4 Å². The van der Waals surface area contributed by atoms with Gasteiger partial charge >= 0.3 is 0 Å². The SMILES string of the molecule is Cc1scc(C(=O)Nc2cccc(O)c2)c1C. The predicted octanol–water partition coefficient (Wildman–Crippen LogP) is 3.32. The van der Waals surface area contributed by atoms with Crippen molar-refractivity contribution in [3.63, 3.8) is 0 Å². The van der Waals surface area contributed by atoms with Crippen LogP contribution in [0.25, 0.3) is 0 Å². The van der Waals surface area contributed by atoms with E-state index >= 15 is 0 Å². The Balaban J connectivity index is 2.20. The third kappa shape index (κ3) is 2.47. The zero-order chi connectivity index (χ0) is 12.4. The maximum absolute atomic E-state index is 12.0. The smallest absolute Gasteiger partial charge is 0.256 e. The number of anilines is 1. The van der Waals surface area contributed by atoms with Gasteiger partial charge in [-0.2, -0.15) is 0 Å². The number of phenolic OH excluding ortho intramolecular Hbond substituents is 1. The fourth-order valence-electron chi connectivity index (χ4n) is 1.52. The van der Waals surface area contributed by atoms with Gasteiger partial charge in [0.05, 0.1) is 5.56 Å². The second kappa shape index (κ2) is 4.59. The molecule has 17 heavy (non-hydrogen) atoms. The van der Waals surface area contributed by atoms with Gasteiger partial charge in [0.15, 0.2) is 0 Å². The first-order chi connectivity index (χ1) is 8.08. The molecule has 0 saturated heterocycles. The number of amides is 1. The van der Waals surface area contributed by atoms with E-state index in [1.807, 2.05) is 19.2 Å². The molecule has 0 aliphatic carbocycles. The van der Waals surface area contributed by atoms with Crippen molar-refractivity contribution >= 4 is 22.9 Å². The number of carbonyl (C=O) groups is 1. The zero-order valence-electron chi connectivity index (χ0n) is 9.65. The van der Waals surface area contributed by atoms with Gasteiger partial charge in [0.1, 0.15) is 5.75 Å². The van der Waals surface area contributed by atoms with Crippen LogP contribution in [0.1, 0.15) is 20.8 Å². The first kappa shape index (κ1) is 11.7. The van der Waals surface area contributed by atoms with Gasteiger partial charge in [0.25, 0.3) is 5.91 Å². The summed E-state index contributed by atoms with van der Waals surface area (Å²) in [7, 11) is 0. The normalized spacial score (nSPS) is 10.2. The molecule has 1 aromatic carbocycles. The Morgan fingerprint density at radius 3 is 2.71 bits per heavy atom. The summed E-state index contributed by atoms with van der Waals surface area (Å²) in [6.45, 7) is 3.92. The van der Waals surface area contributed by atoms with Crippen LogP contribution in [-0.2, 0) is 0 Å². The molecular formula is C13H13NO2S. The average molecular weight is 247 g/mol. The monoisotopic (exact) mass is 247 g/mol. The topological polar surface area (TPSA) is 49.3 Å². The number of phenols is 1. The molecule has 2 rings (SSSR count). The van der Waals surface area contributed by atoms with E-state index in [-0.39, 0.29) is 11.7 Å². The Morgan fingerprint density at radius 1 is 1.35 bits per heavy atom. The van der Waals surface area contributed by atoms with Gasteiger partial charge in [-0.3, -0.25) is 4.79 Å². The zero-order valence-corrected chi connectivity index (χ0v) is 10.5. The largest absolute Gasteiger partial charge is 0.508 e. The molecule has 1 amide bonds. The number of hydrogen-bond acceptors (Lipinski definition) is 3. The molecule has 0 bridgehead atoms. The van der Waals surface area contributed by atoms with Crippen molar-refractivity contribution in [1.82, 2.24) is 0 Å². The number of rotatable bonds is 2. The van der Waals surface area contributed by atoms with Gasteiger partial charge in [-0.1, -0.05) is 6.07 Å². The lowest BCUT2D eigenvalue weighted by Gasteiger charge is -2.05. The lowest BCUT2D eigenvalue weighted by molar-refractivity contribution is 0.102. The highest BCUT2D eigenvalue weighted by molar-refractivity contribution is 7.10. The molecule has 1 aromatic heterocycles. The van der Waals surface area contributed by atoms with Gasteiger partial charge in [-0.05, 0) is 31.5 Å². The first-order valence-corrected chi connectivity index (χ1v) is 6.11. The van der Waals surface area contributed by atoms with E-state index in [1.54, 1.807) is 29.5 Å². The molecular weight excluding hydrogens is 234 g/mol. The van der Waals surface area contributed by atoms with E-state index in [1.165, 1.54) is 6.07 Å². The van der Waals surface area contributed by atoms with Crippen LogP contribution in [0.4, 0.5) is 5.69 Å². The van der Waals surface area contributed by atoms with Crippen molar-refractivity contribution in [3.05, 3.63) is 45.6 Å². The third-order valence-corrected chi connectivity index (χ3v) is 3.65. The Kier molecular flexibility index (Phi) is 3.15. The molecule has 0 saturated carbocycles. The fraction of sp³-hybridized carbons (Fsp3) is 0.154. The van der Waals surface area contributed by atoms with Crippen molar-refractivity contribution in [3.8, 4) is 5.75 Å². The van der Waals surface area contributed by atoms with Crippen LogP contribution in [0.2, 0.25) is 0 Å². The molecule has 0 fully saturated rings. The van der Waals surface area contributed by atoms with Gasteiger partial charge in [0.2, 0.25) is 0 Å². The highest BCUT2D eigenvalue weighted by Gasteiger charge is 2.12. The molecule has 2 N–H and O–H groups in total. The molecule has 1 heterocycles. The molecule has 3 nitrogen and oxygen atoms in total. The van der Waals surface area contributed by atoms with Crippen LogP contribution >= 0.6 is 11.3 Å². The van der Waals surface area contributed by atoms with Crippen LogP contribution in [0, 0.1) is 13.8 Å². The minimum atomic E-state index is -0.141. The lowest BCUT2D eigenvalue weighted by atomic mass is 10.1. The Labute approximate surface area is 104 Å². The van der Waals surface area contributed by atoms with Crippen LogP contribution in [0.3, 0.4) is 0 Å². The molecule has 0 aliphatic heterocycles. The standard InChI is InChI=1S/C13H13NO2S/c1-8-9(2)17-7-12(8)13(16)14-10-4-3-5-11(15)6-10/h3-7,15H,1-2H3,(H,14,16). The molecule has 0 aliphatic rings. The Hall–Kier alpha value is -1.81. The maximum Gasteiger partial charge on any atom is 0.256 e. The molecule has 88 valence electrons. The van der Waals surface area contributed by atoms with Crippen molar-refractivity contribution in [2.75, 3.05) is 5.32 Å². The van der Waals surface area contributed by atoms with Gasteiger partial charge in [-0.15, -0.1) is 11.3 Å². The predicted molar refractivity (Wildman–Crippen MR) is 69.9 cm³/mol. The number of nitrogens with one attached hydrogen (secondary N) is 1. The van der Waals surface area contributed by atoms with Crippen molar-refractivity contribution < 1.29 is 9.90 Å². The minimum Gasteiger partial charge on any atom is -0.508 e. The lowest BCUT2D eigenvalue weighted by Crippen LogP contribution is -2.12. The van der Waals surface area contributed by atoms with E-state index in [4.69, 9.17) is 0 Å². The van der Waals surface area contributed by atoms with Crippen LogP contribution in [0.5, 0.6) is 5.75 Å². The molecule has 4 heteroatoms. The Bertz CT molecular complexity index is 560. The summed E-state index contributed by atoms with van der Waals surface area (Å²) in [4.78, 5) is 13.1. The molecule has 0 atom stereocenters.